The van der Waals surface area contributed by atoms with E-state index in [1.165, 1.54) is 17.4 Å². The van der Waals surface area contributed by atoms with Gasteiger partial charge in [-0.2, -0.15) is 0 Å². The summed E-state index contributed by atoms with van der Waals surface area (Å²) in [7, 11) is 0. The van der Waals surface area contributed by atoms with Crippen molar-refractivity contribution in [1.82, 2.24) is 31.1 Å². The standard InChI is InChI=1S/C37H62N6O6/c1-6-8-9-13-19-27(31(45)34(47)38-22-7-2)39-33(46)29-20-16-24-43(29)35(48)32(37(3,4)5)41-36(49)40-28(26-17-11-10-12-18-26)25-42-23-15-14-21-30(42)44/h7,26-29,32H,2,6,8-25H2,1,3-5H3,(H,38,47)(H,39,46)(H2,40,41,49)/t27?,28-,29+,32-/m1/s1. The molecule has 1 unspecified atom stereocenters. The Bertz CT molecular complexity index is 1160. The van der Waals surface area contributed by atoms with Crippen LogP contribution in [0.1, 0.15) is 124 Å². The summed E-state index contributed by atoms with van der Waals surface area (Å²) >= 11 is 0. The van der Waals surface area contributed by atoms with E-state index >= 15 is 0 Å². The van der Waals surface area contributed by atoms with Gasteiger partial charge in [0.05, 0.1) is 12.1 Å². The van der Waals surface area contributed by atoms with Crippen LogP contribution >= 0.6 is 0 Å². The van der Waals surface area contributed by atoms with Gasteiger partial charge in [-0.1, -0.05) is 78.7 Å². The van der Waals surface area contributed by atoms with Crippen molar-refractivity contribution in [3.05, 3.63) is 12.7 Å². The summed E-state index contributed by atoms with van der Waals surface area (Å²) in [5.74, 6) is -1.96. The number of unbranched alkanes of at least 4 members (excludes halogenated alkanes) is 3. The number of carbonyl (C=O) groups excluding carboxylic acids is 6. The predicted octanol–water partition coefficient (Wildman–Crippen LogP) is 3.98. The van der Waals surface area contributed by atoms with Crippen molar-refractivity contribution in [3.8, 4) is 0 Å². The molecule has 0 aromatic carbocycles. The number of ketones is 1. The average Bonchev–Trinajstić information content (AvgIpc) is 3.58. The quantitative estimate of drug-likeness (QED) is 0.103. The molecule has 276 valence electrons. The second kappa shape index (κ2) is 19.7. The lowest BCUT2D eigenvalue weighted by Gasteiger charge is -2.38. The van der Waals surface area contributed by atoms with Crippen molar-refractivity contribution in [1.29, 1.82) is 0 Å². The molecule has 3 aliphatic rings. The van der Waals surface area contributed by atoms with Crippen LogP contribution in [0.4, 0.5) is 4.79 Å². The third kappa shape index (κ3) is 12.1. The van der Waals surface area contributed by atoms with Crippen LogP contribution in [0.2, 0.25) is 0 Å². The third-order valence-electron chi connectivity index (χ3n) is 10.2. The molecule has 49 heavy (non-hydrogen) atoms. The van der Waals surface area contributed by atoms with Crippen LogP contribution in [-0.2, 0) is 24.0 Å². The van der Waals surface area contributed by atoms with Gasteiger partial charge < -0.3 is 31.1 Å². The van der Waals surface area contributed by atoms with Crippen LogP contribution in [0.25, 0.3) is 0 Å². The van der Waals surface area contributed by atoms with Gasteiger partial charge in [-0.05, 0) is 56.3 Å². The maximum absolute atomic E-state index is 14.2. The fraction of sp³-hybridized carbons (Fsp3) is 0.784. The van der Waals surface area contributed by atoms with Crippen LogP contribution in [0.15, 0.2) is 12.7 Å². The molecule has 3 fully saturated rings. The summed E-state index contributed by atoms with van der Waals surface area (Å²) in [5, 5.41) is 11.4. The van der Waals surface area contributed by atoms with E-state index in [9.17, 15) is 28.8 Å². The van der Waals surface area contributed by atoms with Crippen molar-refractivity contribution < 1.29 is 28.8 Å². The van der Waals surface area contributed by atoms with E-state index in [0.29, 0.717) is 51.7 Å². The third-order valence-corrected chi connectivity index (χ3v) is 10.2. The molecule has 2 heterocycles. The molecule has 4 atom stereocenters. The van der Waals surface area contributed by atoms with Crippen molar-refractivity contribution in [3.63, 3.8) is 0 Å². The minimum absolute atomic E-state index is 0.123. The number of likely N-dealkylation sites (tertiary alicyclic amines) is 2. The summed E-state index contributed by atoms with van der Waals surface area (Å²) in [4.78, 5) is 83.2. The van der Waals surface area contributed by atoms with Crippen LogP contribution in [0.3, 0.4) is 0 Å². The van der Waals surface area contributed by atoms with Gasteiger partial charge in [-0.15, -0.1) is 6.58 Å². The molecular weight excluding hydrogens is 624 g/mol. The Hall–Kier alpha value is -3.44. The molecule has 2 saturated heterocycles. The smallest absolute Gasteiger partial charge is 0.315 e. The number of piperidine rings is 1. The molecule has 12 heteroatoms. The molecule has 0 spiro atoms. The van der Waals surface area contributed by atoms with Crippen molar-refractivity contribution >= 4 is 35.4 Å². The molecule has 0 radical (unpaired) electrons. The van der Waals surface area contributed by atoms with E-state index in [1.54, 1.807) is 0 Å². The summed E-state index contributed by atoms with van der Waals surface area (Å²) in [6.45, 7) is 12.9. The fourth-order valence-electron chi connectivity index (χ4n) is 7.32. The lowest BCUT2D eigenvalue weighted by molar-refractivity contribution is -0.143. The maximum Gasteiger partial charge on any atom is 0.315 e. The van der Waals surface area contributed by atoms with Gasteiger partial charge in [0.15, 0.2) is 0 Å². The first-order valence-electron chi connectivity index (χ1n) is 18.8. The van der Waals surface area contributed by atoms with Gasteiger partial charge in [-0.25, -0.2) is 4.79 Å². The highest BCUT2D eigenvalue weighted by Crippen LogP contribution is 2.29. The van der Waals surface area contributed by atoms with Crippen LogP contribution in [-0.4, -0.2) is 95.6 Å². The van der Waals surface area contributed by atoms with Gasteiger partial charge in [-0.3, -0.25) is 24.0 Å². The highest BCUT2D eigenvalue weighted by molar-refractivity contribution is 6.38. The van der Waals surface area contributed by atoms with Gasteiger partial charge >= 0.3 is 6.03 Å². The van der Waals surface area contributed by atoms with E-state index in [0.717, 1.165) is 57.8 Å². The zero-order valence-corrected chi connectivity index (χ0v) is 30.5. The van der Waals surface area contributed by atoms with E-state index < -0.39 is 47.2 Å². The zero-order valence-electron chi connectivity index (χ0n) is 30.5. The topological polar surface area (TPSA) is 157 Å². The predicted molar refractivity (Wildman–Crippen MR) is 189 cm³/mol. The molecular formula is C37H62N6O6. The van der Waals surface area contributed by atoms with Crippen molar-refractivity contribution in [2.75, 3.05) is 26.2 Å². The monoisotopic (exact) mass is 686 g/mol. The van der Waals surface area contributed by atoms with E-state index in [2.05, 4.69) is 34.8 Å². The van der Waals surface area contributed by atoms with Crippen LogP contribution in [0, 0.1) is 11.3 Å². The fourth-order valence-corrected chi connectivity index (χ4v) is 7.32. The number of carbonyl (C=O) groups is 6. The van der Waals surface area contributed by atoms with Crippen LogP contribution in [0.5, 0.6) is 0 Å². The summed E-state index contributed by atoms with van der Waals surface area (Å²) in [6.07, 6.45) is 14.0. The molecule has 4 N–H and O–H groups in total. The maximum atomic E-state index is 14.2. The highest BCUT2D eigenvalue weighted by Gasteiger charge is 2.43. The van der Waals surface area contributed by atoms with E-state index in [4.69, 9.17) is 0 Å². The number of Topliss-reactive ketones (excluding diaryl/α,β-unsaturated/α-hetero) is 1. The SMILES string of the molecule is C=CCNC(=O)C(=O)C(CCCCCC)NC(=O)[C@@H]1CCCN1C(=O)[C@@H](NC(=O)N[C@H](CN1CCCCC1=O)C1CCCCC1)C(C)(C)C. The van der Waals surface area contributed by atoms with E-state index in [1.807, 2.05) is 25.7 Å². The lowest BCUT2D eigenvalue weighted by Crippen LogP contribution is -2.61. The Kier molecular flexibility index (Phi) is 16.1. The molecule has 1 saturated carbocycles. The summed E-state index contributed by atoms with van der Waals surface area (Å²) in [5.41, 5.74) is -0.678. The van der Waals surface area contributed by atoms with Crippen molar-refractivity contribution in [2.45, 2.75) is 148 Å². The Morgan fingerprint density at radius 1 is 0.898 bits per heavy atom. The number of hydrogen-bond acceptors (Lipinski definition) is 6. The first kappa shape index (κ1) is 40.0. The number of urea groups is 1. The minimum atomic E-state index is -1.00. The lowest BCUT2D eigenvalue weighted by atomic mass is 9.83. The summed E-state index contributed by atoms with van der Waals surface area (Å²) < 4.78 is 0. The largest absolute Gasteiger partial charge is 0.346 e. The van der Waals surface area contributed by atoms with Gasteiger partial charge in [0.25, 0.3) is 5.91 Å². The van der Waals surface area contributed by atoms with Crippen molar-refractivity contribution in [2.24, 2.45) is 11.3 Å². The number of hydrogen-bond donors (Lipinski definition) is 4. The Labute approximate surface area is 293 Å². The number of amides is 6. The Balaban J connectivity index is 1.72. The normalized spacial score (nSPS) is 20.6. The van der Waals surface area contributed by atoms with Gasteiger partial charge in [0.1, 0.15) is 12.1 Å². The molecule has 0 aromatic heterocycles. The number of rotatable bonds is 17. The molecule has 1 aliphatic carbocycles. The molecule has 3 rings (SSSR count). The number of nitrogens with one attached hydrogen (secondary N) is 4. The molecule has 2 aliphatic heterocycles. The average molecular weight is 687 g/mol. The first-order valence-corrected chi connectivity index (χ1v) is 18.8. The van der Waals surface area contributed by atoms with Gasteiger partial charge in [0.2, 0.25) is 23.5 Å². The molecule has 6 amide bonds. The minimum Gasteiger partial charge on any atom is -0.346 e. The van der Waals surface area contributed by atoms with Crippen LogP contribution < -0.4 is 21.3 Å². The second-order valence-electron chi connectivity index (χ2n) is 15.2. The first-order chi connectivity index (χ1) is 23.4. The molecule has 0 bridgehead atoms. The molecule has 12 nitrogen and oxygen atoms in total. The summed E-state index contributed by atoms with van der Waals surface area (Å²) in [6, 6.07) is -3.45. The van der Waals surface area contributed by atoms with E-state index in [-0.39, 0.29) is 30.3 Å². The molecule has 0 aromatic rings. The zero-order chi connectivity index (χ0) is 36.0. The highest BCUT2D eigenvalue weighted by atomic mass is 16.2. The van der Waals surface area contributed by atoms with Gasteiger partial charge in [0, 0.05) is 32.6 Å². The number of nitrogens with zero attached hydrogens (tertiary/aromatic N) is 2. The second-order valence-corrected chi connectivity index (χ2v) is 15.2. The Morgan fingerprint density at radius 2 is 1.63 bits per heavy atom. The Morgan fingerprint density at radius 3 is 2.29 bits per heavy atom.